The fraction of sp³-hybridized carbons (Fsp3) is 0.650. The molecule has 1 saturated carbocycles. The summed E-state index contributed by atoms with van der Waals surface area (Å²) in [4.78, 5) is 15.4. The molecule has 25 heavy (non-hydrogen) atoms. The van der Waals surface area contributed by atoms with Crippen LogP contribution in [-0.4, -0.2) is 46.4 Å². The minimum atomic E-state index is 0.125. The van der Waals surface area contributed by atoms with E-state index < -0.39 is 0 Å². The molecule has 136 valence electrons. The summed E-state index contributed by atoms with van der Waals surface area (Å²) in [6, 6.07) is 9.18. The highest BCUT2D eigenvalue weighted by atomic mass is 16.5. The Kier molecular flexibility index (Phi) is 4.69. The average Bonchev–Trinajstić information content (AvgIpc) is 2.93. The van der Waals surface area contributed by atoms with Crippen molar-refractivity contribution in [3.05, 3.63) is 34.7 Å². The second-order valence-electron chi connectivity index (χ2n) is 7.63. The van der Waals surface area contributed by atoms with Crippen LogP contribution < -0.4 is 5.69 Å². The molecule has 0 radical (unpaired) electrons. The maximum absolute atomic E-state index is 12.7. The van der Waals surface area contributed by atoms with Crippen LogP contribution in [0.3, 0.4) is 0 Å². The molecule has 2 fully saturated rings. The Labute approximate surface area is 149 Å². The fourth-order valence-corrected chi connectivity index (χ4v) is 4.83. The Morgan fingerprint density at radius 1 is 0.920 bits per heavy atom. The molecule has 1 saturated heterocycles. The molecular weight excluding hydrogens is 314 g/mol. The van der Waals surface area contributed by atoms with Crippen LogP contribution in [0.4, 0.5) is 0 Å². The first-order chi connectivity index (χ1) is 12.2. The second-order valence-corrected chi connectivity index (χ2v) is 7.63. The van der Waals surface area contributed by atoms with Crippen molar-refractivity contribution in [1.82, 2.24) is 14.0 Å². The highest BCUT2D eigenvalue weighted by Gasteiger charge is 2.30. The lowest BCUT2D eigenvalue weighted by molar-refractivity contribution is 0.0296. The number of methoxy groups -OCH3 is 1. The van der Waals surface area contributed by atoms with Gasteiger partial charge in [0.25, 0.3) is 0 Å². The third kappa shape index (κ3) is 3.04. The van der Waals surface area contributed by atoms with Gasteiger partial charge in [0.2, 0.25) is 0 Å². The van der Waals surface area contributed by atoms with Crippen molar-refractivity contribution in [2.24, 2.45) is 7.05 Å². The number of aryl methyl sites for hydroxylation is 1. The highest BCUT2D eigenvalue weighted by Crippen LogP contribution is 2.31. The normalized spacial score (nSPS) is 26.3. The van der Waals surface area contributed by atoms with E-state index in [-0.39, 0.29) is 5.69 Å². The summed E-state index contributed by atoms with van der Waals surface area (Å²) in [7, 11) is 3.71. The van der Waals surface area contributed by atoms with Crippen molar-refractivity contribution >= 4 is 11.0 Å². The van der Waals surface area contributed by atoms with Crippen LogP contribution in [0.15, 0.2) is 29.1 Å². The zero-order chi connectivity index (χ0) is 17.4. The molecule has 1 aliphatic heterocycles. The van der Waals surface area contributed by atoms with Crippen molar-refractivity contribution < 1.29 is 4.74 Å². The summed E-state index contributed by atoms with van der Waals surface area (Å²) in [6.07, 6.45) is 7.46. The van der Waals surface area contributed by atoms with E-state index in [4.69, 9.17) is 4.74 Å². The minimum absolute atomic E-state index is 0.125. The topological polar surface area (TPSA) is 39.4 Å². The molecule has 1 aromatic heterocycles. The maximum atomic E-state index is 12.7. The summed E-state index contributed by atoms with van der Waals surface area (Å²) in [5.41, 5.74) is 2.24. The Morgan fingerprint density at radius 2 is 1.56 bits per heavy atom. The van der Waals surface area contributed by atoms with Crippen molar-refractivity contribution in [2.75, 3.05) is 20.2 Å². The van der Waals surface area contributed by atoms with Crippen LogP contribution in [0, 0.1) is 0 Å². The van der Waals surface area contributed by atoms with E-state index in [1.54, 1.807) is 4.57 Å². The van der Waals surface area contributed by atoms with Gasteiger partial charge in [-0.15, -0.1) is 0 Å². The Morgan fingerprint density at radius 3 is 2.20 bits per heavy atom. The molecule has 1 aliphatic carbocycles. The molecule has 0 atom stereocenters. The molecule has 4 rings (SSSR count). The summed E-state index contributed by atoms with van der Waals surface area (Å²) in [5.74, 6) is 0. The van der Waals surface area contributed by atoms with E-state index in [2.05, 4.69) is 11.0 Å². The molecule has 0 spiro atoms. The number of nitrogens with zero attached hydrogens (tertiary/aromatic N) is 3. The summed E-state index contributed by atoms with van der Waals surface area (Å²) < 4.78 is 9.32. The van der Waals surface area contributed by atoms with Crippen LogP contribution in [0.1, 0.15) is 44.6 Å². The number of fused-ring (bicyclic) bond motifs is 1. The molecule has 2 aliphatic rings. The average molecular weight is 343 g/mol. The van der Waals surface area contributed by atoms with Gasteiger partial charge in [0.05, 0.1) is 17.1 Å². The van der Waals surface area contributed by atoms with Crippen molar-refractivity contribution in [2.45, 2.75) is 56.7 Å². The second kappa shape index (κ2) is 6.96. The van der Waals surface area contributed by atoms with E-state index in [9.17, 15) is 4.79 Å². The summed E-state index contributed by atoms with van der Waals surface area (Å²) in [5, 5.41) is 0. The Bertz CT molecular complexity index is 778. The molecule has 2 heterocycles. The first-order valence-corrected chi connectivity index (χ1v) is 9.62. The quantitative estimate of drug-likeness (QED) is 0.860. The number of hydrogen-bond acceptors (Lipinski definition) is 3. The highest BCUT2D eigenvalue weighted by molar-refractivity contribution is 5.76. The van der Waals surface area contributed by atoms with Crippen LogP contribution in [0.2, 0.25) is 0 Å². The van der Waals surface area contributed by atoms with E-state index >= 15 is 0 Å². The number of piperidine rings is 1. The van der Waals surface area contributed by atoms with Gasteiger partial charge in [-0.3, -0.25) is 9.13 Å². The van der Waals surface area contributed by atoms with E-state index in [1.807, 2.05) is 36.9 Å². The number of rotatable bonds is 3. The first-order valence-electron chi connectivity index (χ1n) is 9.62. The van der Waals surface area contributed by atoms with E-state index in [0.717, 1.165) is 37.0 Å². The summed E-state index contributed by atoms with van der Waals surface area (Å²) >= 11 is 0. The van der Waals surface area contributed by atoms with E-state index in [0.29, 0.717) is 18.2 Å². The SMILES string of the molecule is COC1CCC(N2CCC(n3c(=O)n(C)c4ccccc43)CC2)CC1. The van der Waals surface area contributed by atoms with Gasteiger partial charge in [0.1, 0.15) is 0 Å². The lowest BCUT2D eigenvalue weighted by Gasteiger charge is -2.40. The van der Waals surface area contributed by atoms with Gasteiger partial charge in [-0.2, -0.15) is 0 Å². The first kappa shape index (κ1) is 16.9. The number of aromatic nitrogens is 2. The molecule has 5 nitrogen and oxygen atoms in total. The third-order valence-electron chi connectivity index (χ3n) is 6.35. The predicted octanol–water partition coefficient (Wildman–Crippen LogP) is 2.93. The van der Waals surface area contributed by atoms with Gasteiger partial charge in [0, 0.05) is 39.3 Å². The minimum Gasteiger partial charge on any atom is -0.381 e. The number of imidazole rings is 1. The zero-order valence-corrected chi connectivity index (χ0v) is 15.4. The lowest BCUT2D eigenvalue weighted by atomic mass is 9.90. The maximum Gasteiger partial charge on any atom is 0.329 e. The monoisotopic (exact) mass is 343 g/mol. The summed E-state index contributed by atoms with van der Waals surface area (Å²) in [6.45, 7) is 2.20. The number of likely N-dealkylation sites (tertiary alicyclic amines) is 1. The Balaban J connectivity index is 1.46. The van der Waals surface area contributed by atoms with Crippen LogP contribution in [-0.2, 0) is 11.8 Å². The third-order valence-corrected chi connectivity index (χ3v) is 6.35. The lowest BCUT2D eigenvalue weighted by Crippen LogP contribution is -2.45. The van der Waals surface area contributed by atoms with Gasteiger partial charge >= 0.3 is 5.69 Å². The van der Waals surface area contributed by atoms with Gasteiger partial charge in [-0.1, -0.05) is 12.1 Å². The van der Waals surface area contributed by atoms with Crippen molar-refractivity contribution in [3.63, 3.8) is 0 Å². The van der Waals surface area contributed by atoms with Gasteiger partial charge < -0.3 is 9.64 Å². The van der Waals surface area contributed by atoms with Gasteiger partial charge in [-0.05, 0) is 50.7 Å². The smallest absolute Gasteiger partial charge is 0.329 e. The van der Waals surface area contributed by atoms with E-state index in [1.165, 1.54) is 25.7 Å². The van der Waals surface area contributed by atoms with Crippen LogP contribution in [0.25, 0.3) is 11.0 Å². The van der Waals surface area contributed by atoms with Gasteiger partial charge in [-0.25, -0.2) is 4.79 Å². The Hall–Kier alpha value is -1.59. The molecular formula is C20H29N3O2. The zero-order valence-electron chi connectivity index (χ0n) is 15.4. The number of para-hydroxylation sites is 2. The number of hydrogen-bond donors (Lipinski definition) is 0. The molecule has 0 unspecified atom stereocenters. The molecule has 0 bridgehead atoms. The van der Waals surface area contributed by atoms with Crippen LogP contribution in [0.5, 0.6) is 0 Å². The number of ether oxygens (including phenoxy) is 1. The molecule has 0 N–H and O–H groups in total. The van der Waals surface area contributed by atoms with Crippen molar-refractivity contribution in [3.8, 4) is 0 Å². The fourth-order valence-electron chi connectivity index (χ4n) is 4.83. The largest absolute Gasteiger partial charge is 0.381 e. The molecule has 1 aromatic carbocycles. The standard InChI is InChI=1S/C20H29N3O2/c1-21-18-5-3-4-6-19(18)23(20(21)24)16-11-13-22(14-12-16)15-7-9-17(25-2)10-8-15/h3-6,15-17H,7-14H2,1-2H3. The predicted molar refractivity (Wildman–Crippen MR) is 100 cm³/mol. The molecule has 2 aromatic rings. The molecule has 0 amide bonds. The van der Waals surface area contributed by atoms with Crippen molar-refractivity contribution in [1.29, 1.82) is 0 Å². The van der Waals surface area contributed by atoms with Gasteiger partial charge in [0.15, 0.2) is 0 Å². The van der Waals surface area contributed by atoms with Crippen LogP contribution >= 0.6 is 0 Å². The number of benzene rings is 1. The molecule has 5 heteroatoms.